The normalized spacial score (nSPS) is 18.1. The average molecular weight is 583 g/mol. The Morgan fingerprint density at radius 3 is 2.65 bits per heavy atom. The van der Waals surface area contributed by atoms with Crippen LogP contribution in [0.15, 0.2) is 47.4 Å². The van der Waals surface area contributed by atoms with Crippen LogP contribution in [0.25, 0.3) is 10.9 Å². The Balaban J connectivity index is 1.59. The Labute approximate surface area is 229 Å². The summed E-state index contributed by atoms with van der Waals surface area (Å²) in [4.78, 5) is 12.3. The number of alkyl halides is 4. The number of halogens is 4. The zero-order chi connectivity index (χ0) is 29.0. The third kappa shape index (κ3) is 6.78. The molecule has 4 N–H and O–H groups in total. The van der Waals surface area contributed by atoms with Gasteiger partial charge in [-0.15, -0.1) is 0 Å². The van der Waals surface area contributed by atoms with Gasteiger partial charge in [-0.05, 0) is 42.7 Å². The van der Waals surface area contributed by atoms with Crippen molar-refractivity contribution in [2.45, 2.75) is 36.3 Å². The second-order valence-corrected chi connectivity index (χ2v) is 9.99. The quantitative estimate of drug-likeness (QED) is 0.180. The number of likely N-dealkylation sites (tertiary alicyclic amines) is 1. The molecule has 0 radical (unpaired) electrons. The van der Waals surface area contributed by atoms with Crippen LogP contribution in [0.1, 0.15) is 12.1 Å². The van der Waals surface area contributed by atoms with Gasteiger partial charge in [-0.2, -0.15) is 13.2 Å². The lowest BCUT2D eigenvalue weighted by atomic mass is 10.0. The number of hydrogen-bond donors (Lipinski definition) is 4. The molecule has 1 saturated heterocycles. The van der Waals surface area contributed by atoms with Crippen LogP contribution >= 0.6 is 0 Å². The summed E-state index contributed by atoms with van der Waals surface area (Å²) in [6.07, 6.45) is -7.03. The molecule has 1 unspecified atom stereocenters. The number of ether oxygens (including phenoxy) is 1. The van der Waals surface area contributed by atoms with Crippen molar-refractivity contribution in [3.05, 3.63) is 48.2 Å². The van der Waals surface area contributed by atoms with Crippen LogP contribution in [0.4, 0.5) is 33.7 Å². The fourth-order valence-electron chi connectivity index (χ4n) is 4.50. The van der Waals surface area contributed by atoms with Crippen molar-refractivity contribution in [2.75, 3.05) is 37.4 Å². The van der Waals surface area contributed by atoms with Gasteiger partial charge >= 0.3 is 12.3 Å². The Bertz CT molecular complexity index is 1480. The lowest BCUT2D eigenvalue weighted by molar-refractivity contribution is -0.140. The molecule has 9 nitrogen and oxygen atoms in total. The predicted octanol–water partition coefficient (Wildman–Crippen LogP) is 4.76. The van der Waals surface area contributed by atoms with Crippen LogP contribution in [0.3, 0.4) is 0 Å². The van der Waals surface area contributed by atoms with Gasteiger partial charge in [0.1, 0.15) is 18.5 Å². The summed E-state index contributed by atoms with van der Waals surface area (Å²) >= 11 is -2.19. The molecule has 3 aromatic rings. The summed E-state index contributed by atoms with van der Waals surface area (Å²) < 4.78 is 81.9. The van der Waals surface area contributed by atoms with Crippen LogP contribution in [-0.2, 0) is 17.6 Å². The molecule has 1 fully saturated rings. The average Bonchev–Trinajstić information content (AvgIpc) is 3.24. The zero-order valence-electron chi connectivity index (χ0n) is 21.2. The first-order valence-electron chi connectivity index (χ1n) is 12.1. The summed E-state index contributed by atoms with van der Waals surface area (Å²) in [5.41, 5.74) is 1.25. The molecular weight excluding hydrogens is 556 g/mol. The van der Waals surface area contributed by atoms with E-state index >= 15 is 0 Å². The smallest absolute Gasteiger partial charge is 0.407 e. The SMILES string of the molecule is COc1cc(S(=O)O)ccc1NCC#Cc1cc2c(N[C@@H]3CCN(C(=O)O)C[C@@H]3F)cccc2n1CC(F)(F)F. The Kier molecular flexibility index (Phi) is 8.75. The van der Waals surface area contributed by atoms with Gasteiger partial charge in [0.05, 0.1) is 48.0 Å². The minimum absolute atomic E-state index is 0.0300. The number of hydrogen-bond acceptors (Lipinski definition) is 5. The van der Waals surface area contributed by atoms with Gasteiger partial charge in [-0.1, -0.05) is 12.0 Å². The molecule has 0 spiro atoms. The molecule has 0 bridgehead atoms. The number of methoxy groups -OCH3 is 1. The number of aromatic nitrogens is 1. The lowest BCUT2D eigenvalue weighted by Gasteiger charge is -2.34. The molecule has 2 aromatic carbocycles. The van der Waals surface area contributed by atoms with Gasteiger partial charge in [0.25, 0.3) is 0 Å². The largest absolute Gasteiger partial charge is 0.495 e. The number of fused-ring (bicyclic) bond motifs is 1. The first-order valence-corrected chi connectivity index (χ1v) is 13.2. The third-order valence-electron chi connectivity index (χ3n) is 6.39. The molecule has 1 aromatic heterocycles. The van der Waals surface area contributed by atoms with E-state index < -0.39 is 42.1 Å². The van der Waals surface area contributed by atoms with Gasteiger partial charge < -0.3 is 34.5 Å². The summed E-state index contributed by atoms with van der Waals surface area (Å²) in [6.45, 7) is -1.42. The number of benzene rings is 2. The predicted molar refractivity (Wildman–Crippen MR) is 142 cm³/mol. The number of amides is 1. The molecule has 1 amide bonds. The van der Waals surface area contributed by atoms with Gasteiger partial charge in [0, 0.05) is 23.7 Å². The van der Waals surface area contributed by atoms with E-state index in [1.165, 1.54) is 37.4 Å². The molecule has 4 rings (SSSR count). The van der Waals surface area contributed by atoms with E-state index in [1.54, 1.807) is 12.1 Å². The first-order chi connectivity index (χ1) is 19.0. The second kappa shape index (κ2) is 12.1. The van der Waals surface area contributed by atoms with Crippen molar-refractivity contribution in [1.82, 2.24) is 9.47 Å². The van der Waals surface area contributed by atoms with Gasteiger partial charge in [0.15, 0.2) is 11.1 Å². The number of nitrogens with zero attached hydrogens (tertiary/aromatic N) is 2. The van der Waals surface area contributed by atoms with Crippen molar-refractivity contribution in [3.8, 4) is 17.6 Å². The minimum Gasteiger partial charge on any atom is -0.495 e. The first kappa shape index (κ1) is 29.0. The van der Waals surface area contributed by atoms with Crippen LogP contribution in [0, 0.1) is 11.8 Å². The number of rotatable bonds is 7. The number of carbonyl (C=O) groups is 1. The van der Waals surface area contributed by atoms with Crippen LogP contribution < -0.4 is 15.4 Å². The maximum Gasteiger partial charge on any atom is 0.407 e. The zero-order valence-corrected chi connectivity index (χ0v) is 22.0. The molecule has 214 valence electrons. The maximum absolute atomic E-state index is 14.7. The number of piperidine rings is 1. The highest BCUT2D eigenvalue weighted by Crippen LogP contribution is 2.32. The second-order valence-electron chi connectivity index (χ2n) is 9.02. The summed E-state index contributed by atoms with van der Waals surface area (Å²) in [7, 11) is 1.39. The van der Waals surface area contributed by atoms with Gasteiger partial charge in [-0.3, -0.25) is 0 Å². The fourth-order valence-corrected chi connectivity index (χ4v) is 4.90. The van der Waals surface area contributed by atoms with Crippen molar-refractivity contribution in [3.63, 3.8) is 0 Å². The maximum atomic E-state index is 14.7. The van der Waals surface area contributed by atoms with E-state index in [4.69, 9.17) is 9.84 Å². The minimum atomic E-state index is -4.53. The van der Waals surface area contributed by atoms with Crippen LogP contribution in [0.5, 0.6) is 5.75 Å². The summed E-state index contributed by atoms with van der Waals surface area (Å²) in [5.74, 6) is 5.86. The van der Waals surface area contributed by atoms with Crippen LogP contribution in [0.2, 0.25) is 0 Å². The summed E-state index contributed by atoms with van der Waals surface area (Å²) in [6, 6.07) is 9.84. The molecular formula is C26H26F4N4O5S. The van der Waals surface area contributed by atoms with E-state index in [2.05, 4.69) is 22.5 Å². The molecule has 2 heterocycles. The van der Waals surface area contributed by atoms with E-state index in [1.807, 2.05) is 0 Å². The number of carboxylic acid groups (broad SMARTS) is 1. The van der Waals surface area contributed by atoms with E-state index in [-0.39, 0.29) is 42.2 Å². The van der Waals surface area contributed by atoms with E-state index in [0.29, 0.717) is 22.5 Å². The van der Waals surface area contributed by atoms with Crippen molar-refractivity contribution in [2.24, 2.45) is 0 Å². The molecule has 0 saturated carbocycles. The standard InChI is InChI=1S/C26H26F4N4O5S/c1-39-24-13-17(40(37)38)7-8-22(24)31-10-3-4-16-12-18-20(5-2-6-23(18)34(16)15-26(28,29)30)32-21-9-11-33(25(35)36)14-19(21)27/h2,5-8,12-13,19,21,31-32H,9-11,14-15H2,1H3,(H,35,36)(H,37,38)/t19-,21+/m0/s1. The van der Waals surface area contributed by atoms with Crippen molar-refractivity contribution >= 4 is 39.5 Å². The van der Waals surface area contributed by atoms with Gasteiger partial charge in [-0.25, -0.2) is 13.4 Å². The molecule has 1 aliphatic rings. The topological polar surface area (TPSA) is 116 Å². The fraction of sp³-hybridized carbons (Fsp3) is 0.346. The molecule has 40 heavy (non-hydrogen) atoms. The number of nitrogens with one attached hydrogen (secondary N) is 2. The highest BCUT2D eigenvalue weighted by molar-refractivity contribution is 7.79. The van der Waals surface area contributed by atoms with Crippen LogP contribution in [-0.4, -0.2) is 74.6 Å². The monoisotopic (exact) mass is 582 g/mol. The molecule has 3 atom stereocenters. The highest BCUT2D eigenvalue weighted by atomic mass is 32.2. The lowest BCUT2D eigenvalue weighted by Crippen LogP contribution is -2.49. The van der Waals surface area contributed by atoms with E-state index in [0.717, 1.165) is 9.47 Å². The Morgan fingerprint density at radius 1 is 1.23 bits per heavy atom. The Morgan fingerprint density at radius 2 is 2.00 bits per heavy atom. The van der Waals surface area contributed by atoms with Crippen molar-refractivity contribution < 1.29 is 41.0 Å². The molecule has 1 aliphatic heterocycles. The Hall–Kier alpha value is -3.96. The molecule has 14 heteroatoms. The highest BCUT2D eigenvalue weighted by Gasteiger charge is 2.33. The van der Waals surface area contributed by atoms with E-state index in [9.17, 15) is 31.1 Å². The third-order valence-corrected chi connectivity index (χ3v) is 7.05. The van der Waals surface area contributed by atoms with Gasteiger partial charge in [0.2, 0.25) is 0 Å². The summed E-state index contributed by atoms with van der Waals surface area (Å²) in [5, 5.41) is 15.6. The number of anilines is 2. The molecule has 0 aliphatic carbocycles. The van der Waals surface area contributed by atoms with Crippen molar-refractivity contribution in [1.29, 1.82) is 0 Å².